The van der Waals surface area contributed by atoms with Gasteiger partial charge in [-0.15, -0.1) is 0 Å². The fourth-order valence-corrected chi connectivity index (χ4v) is 5.19. The van der Waals surface area contributed by atoms with Gasteiger partial charge in [0.25, 0.3) is 0 Å². The molecule has 0 amide bonds. The van der Waals surface area contributed by atoms with Gasteiger partial charge in [0.15, 0.2) is 12.1 Å². The second kappa shape index (κ2) is 36.9. The molecule has 0 aromatic rings. The molecule has 0 aliphatic heterocycles. The quantitative estimate of drug-likeness (QED) is 0.0301. The van der Waals surface area contributed by atoms with Crippen LogP contribution in [-0.2, 0) is 28.6 Å². The number of aliphatic carboxylic acids is 1. The molecule has 55 heavy (non-hydrogen) atoms. The number of carboxylic acid groups (broad SMARTS) is 1. The normalized spacial score (nSPS) is 14.1. The number of carboxylic acids is 1. The van der Waals surface area contributed by atoms with Gasteiger partial charge >= 0.3 is 17.9 Å². The molecule has 0 bridgehead atoms. The number of esters is 2. The minimum atomic E-state index is -0.892. The fourth-order valence-electron chi connectivity index (χ4n) is 5.19. The first kappa shape index (κ1) is 51.0. The first-order valence-corrected chi connectivity index (χ1v) is 20.5. The molecule has 0 radical (unpaired) electrons. The van der Waals surface area contributed by atoms with Crippen LogP contribution in [0, 0.1) is 0 Å². The molecule has 308 valence electrons. The van der Waals surface area contributed by atoms with Crippen molar-refractivity contribution < 1.29 is 38.2 Å². The van der Waals surface area contributed by atoms with Crippen molar-refractivity contribution in [1.82, 2.24) is 0 Å². The van der Waals surface area contributed by atoms with Gasteiger partial charge in [-0.25, -0.2) is 4.79 Å². The molecule has 8 heteroatoms. The minimum Gasteiger partial charge on any atom is -0.477 e. The molecular formula is C47H74NO7+. The lowest BCUT2D eigenvalue weighted by atomic mass is 10.1. The number of carbonyl (C=O) groups excluding carboxylic acids is 2. The highest BCUT2D eigenvalue weighted by Crippen LogP contribution is 2.12. The number of carbonyl (C=O) groups is 3. The zero-order chi connectivity index (χ0) is 40.7. The van der Waals surface area contributed by atoms with Crippen LogP contribution in [0.2, 0.25) is 0 Å². The topological polar surface area (TPSA) is 99.1 Å². The Balaban J connectivity index is 4.54. The molecule has 0 aromatic heterocycles. The van der Waals surface area contributed by atoms with Crippen LogP contribution in [-0.4, -0.2) is 80.6 Å². The van der Waals surface area contributed by atoms with Gasteiger partial charge in [0.2, 0.25) is 0 Å². The molecule has 0 aliphatic carbocycles. The molecule has 0 heterocycles. The molecule has 0 rings (SSSR count). The summed E-state index contributed by atoms with van der Waals surface area (Å²) >= 11 is 0. The molecule has 0 saturated heterocycles. The number of allylic oxidation sites excluding steroid dienone is 18. The SMILES string of the molecule is CC/C=C/C=C/C=C/C=C/CCCCCC(=O)OCC(COCCC(C(=O)O)[N+](C)(C)C)OC(=O)CCCCCCC/C=C/C=C/C=C/C=C/C=C/CCC. The molecule has 0 fully saturated rings. The van der Waals surface area contributed by atoms with E-state index in [9.17, 15) is 19.5 Å². The summed E-state index contributed by atoms with van der Waals surface area (Å²) < 4.78 is 17.2. The number of nitrogens with zero attached hydrogens (tertiary/aromatic N) is 1. The third-order valence-corrected chi connectivity index (χ3v) is 8.36. The molecule has 2 unspecified atom stereocenters. The molecule has 8 nitrogen and oxygen atoms in total. The largest absolute Gasteiger partial charge is 0.477 e. The van der Waals surface area contributed by atoms with Crippen LogP contribution in [0.1, 0.15) is 117 Å². The maximum absolute atomic E-state index is 12.7. The highest BCUT2D eigenvalue weighted by molar-refractivity contribution is 5.72. The molecule has 1 N–H and O–H groups in total. The van der Waals surface area contributed by atoms with E-state index in [-0.39, 0.29) is 42.7 Å². The second-order valence-corrected chi connectivity index (χ2v) is 14.4. The number of unbranched alkanes of at least 4 members (excludes halogenated alkanes) is 9. The summed E-state index contributed by atoms with van der Waals surface area (Å²) in [5, 5.41) is 9.60. The number of rotatable bonds is 34. The Morgan fingerprint density at radius 3 is 1.53 bits per heavy atom. The Bertz CT molecular complexity index is 1260. The van der Waals surface area contributed by atoms with Gasteiger partial charge in [-0.1, -0.05) is 155 Å². The van der Waals surface area contributed by atoms with Crippen LogP contribution in [0.25, 0.3) is 0 Å². The van der Waals surface area contributed by atoms with Crippen molar-refractivity contribution in [2.24, 2.45) is 0 Å². The van der Waals surface area contributed by atoms with Gasteiger partial charge in [-0.2, -0.15) is 0 Å². The highest BCUT2D eigenvalue weighted by atomic mass is 16.6. The standard InChI is InChI=1S/C47H73NO7/c1-6-8-10-12-14-16-18-20-21-22-23-24-26-28-30-32-34-36-38-46(50)55-43(41-53-40-39-44(47(51)52)48(3,4)5)42-54-45(49)37-35-33-31-29-27-25-19-17-15-13-11-9-7-2/h9-25,27,43-44H,6-8,26,28-42H2,1-5H3/p+1/b11-9+,12-10+,15-13+,16-14+,19-17+,20-18+,22-21+,24-23+,27-25+. The summed E-state index contributed by atoms with van der Waals surface area (Å²) in [6, 6.07) is -0.633. The van der Waals surface area contributed by atoms with Gasteiger partial charge < -0.3 is 23.8 Å². The summed E-state index contributed by atoms with van der Waals surface area (Å²) in [6.07, 6.45) is 49.8. The van der Waals surface area contributed by atoms with Crippen molar-refractivity contribution in [1.29, 1.82) is 0 Å². The molecular weight excluding hydrogens is 691 g/mol. The predicted molar refractivity (Wildman–Crippen MR) is 229 cm³/mol. The Labute approximate surface area is 334 Å². The molecule has 0 aliphatic rings. The highest BCUT2D eigenvalue weighted by Gasteiger charge is 2.31. The monoisotopic (exact) mass is 765 g/mol. The van der Waals surface area contributed by atoms with Crippen molar-refractivity contribution in [2.75, 3.05) is 41.0 Å². The lowest BCUT2D eigenvalue weighted by Crippen LogP contribution is -2.50. The van der Waals surface area contributed by atoms with Gasteiger partial charge in [-0.05, 0) is 51.4 Å². The fraction of sp³-hybridized carbons (Fsp3) is 0.553. The smallest absolute Gasteiger partial charge is 0.362 e. The Kier molecular flexibility index (Phi) is 34.2. The summed E-state index contributed by atoms with van der Waals surface area (Å²) in [4.78, 5) is 36.9. The number of likely N-dealkylation sites (N-methyl/N-ethyl adjacent to an activating group) is 1. The van der Waals surface area contributed by atoms with E-state index in [0.29, 0.717) is 12.8 Å². The van der Waals surface area contributed by atoms with E-state index in [1.54, 1.807) is 0 Å². The van der Waals surface area contributed by atoms with Crippen LogP contribution in [0.4, 0.5) is 0 Å². The van der Waals surface area contributed by atoms with Crippen molar-refractivity contribution in [3.05, 3.63) is 109 Å². The molecule has 0 spiro atoms. The van der Waals surface area contributed by atoms with Crippen molar-refractivity contribution >= 4 is 17.9 Å². The lowest BCUT2D eigenvalue weighted by Gasteiger charge is -2.31. The predicted octanol–water partition coefficient (Wildman–Crippen LogP) is 10.9. The van der Waals surface area contributed by atoms with Crippen LogP contribution in [0.15, 0.2) is 109 Å². The van der Waals surface area contributed by atoms with E-state index in [4.69, 9.17) is 14.2 Å². The third-order valence-electron chi connectivity index (χ3n) is 8.36. The molecule has 0 aromatic carbocycles. The lowest BCUT2D eigenvalue weighted by molar-refractivity contribution is -0.887. The van der Waals surface area contributed by atoms with E-state index in [1.807, 2.05) is 94.1 Å². The van der Waals surface area contributed by atoms with Gasteiger partial charge in [0, 0.05) is 19.3 Å². The minimum absolute atomic E-state index is 0.0290. The molecule has 2 atom stereocenters. The zero-order valence-corrected chi connectivity index (χ0v) is 34.8. The third kappa shape index (κ3) is 35.4. The van der Waals surface area contributed by atoms with Gasteiger partial charge in [0.05, 0.1) is 34.4 Å². The maximum Gasteiger partial charge on any atom is 0.362 e. The summed E-state index contributed by atoms with van der Waals surface area (Å²) in [5.74, 6) is -1.57. The summed E-state index contributed by atoms with van der Waals surface area (Å²) in [5.41, 5.74) is 0. The number of quaternary nitrogens is 1. The van der Waals surface area contributed by atoms with Crippen LogP contribution >= 0.6 is 0 Å². The maximum atomic E-state index is 12.7. The van der Waals surface area contributed by atoms with Crippen molar-refractivity contribution in [3.8, 4) is 0 Å². The number of ether oxygens (including phenoxy) is 3. The average molecular weight is 765 g/mol. The van der Waals surface area contributed by atoms with Gasteiger partial charge in [0.1, 0.15) is 6.61 Å². The summed E-state index contributed by atoms with van der Waals surface area (Å²) in [7, 11) is 5.48. The zero-order valence-electron chi connectivity index (χ0n) is 34.8. The second-order valence-electron chi connectivity index (χ2n) is 14.4. The average Bonchev–Trinajstić information content (AvgIpc) is 3.14. The Morgan fingerprint density at radius 2 is 1.02 bits per heavy atom. The van der Waals surface area contributed by atoms with Crippen LogP contribution in [0.5, 0.6) is 0 Å². The van der Waals surface area contributed by atoms with E-state index in [1.165, 1.54) is 6.42 Å². The van der Waals surface area contributed by atoms with Crippen molar-refractivity contribution in [3.63, 3.8) is 0 Å². The number of hydrogen-bond donors (Lipinski definition) is 1. The van der Waals surface area contributed by atoms with E-state index < -0.39 is 18.1 Å². The van der Waals surface area contributed by atoms with Crippen LogP contribution in [0.3, 0.4) is 0 Å². The van der Waals surface area contributed by atoms with E-state index >= 15 is 0 Å². The molecule has 0 saturated carbocycles. The van der Waals surface area contributed by atoms with E-state index in [0.717, 1.165) is 77.0 Å². The first-order valence-electron chi connectivity index (χ1n) is 20.5. The van der Waals surface area contributed by atoms with Crippen LogP contribution < -0.4 is 0 Å². The first-order chi connectivity index (χ1) is 26.6. The summed E-state index contributed by atoms with van der Waals surface area (Å²) in [6.45, 7) is 4.40. The van der Waals surface area contributed by atoms with Gasteiger partial charge in [-0.3, -0.25) is 9.59 Å². The number of hydrogen-bond acceptors (Lipinski definition) is 6. The Hall–Kier alpha value is -4.01. The Morgan fingerprint density at radius 1 is 0.564 bits per heavy atom. The van der Waals surface area contributed by atoms with Crippen molar-refractivity contribution in [2.45, 2.75) is 129 Å². The van der Waals surface area contributed by atoms with E-state index in [2.05, 4.69) is 50.3 Å².